The van der Waals surface area contributed by atoms with Crippen molar-refractivity contribution in [2.75, 3.05) is 18.9 Å². The highest BCUT2D eigenvalue weighted by Crippen LogP contribution is 2.30. The molecule has 6 nitrogen and oxygen atoms in total. The number of aromatic nitrogens is 2. The Hall–Kier alpha value is -1.98. The zero-order valence-corrected chi connectivity index (χ0v) is 15.7. The van der Waals surface area contributed by atoms with Crippen molar-refractivity contribution >= 4 is 34.1 Å². The van der Waals surface area contributed by atoms with Gasteiger partial charge >= 0.3 is 12.2 Å². The summed E-state index contributed by atoms with van der Waals surface area (Å²) in [5.74, 6) is -0.506. The number of hydrogen-bond donors (Lipinski definition) is 2. The van der Waals surface area contributed by atoms with Gasteiger partial charge in [-0.1, -0.05) is 22.9 Å². The molecule has 0 fully saturated rings. The lowest BCUT2D eigenvalue weighted by molar-refractivity contribution is -0.254. The van der Waals surface area contributed by atoms with Gasteiger partial charge in [-0.05, 0) is 30.7 Å². The van der Waals surface area contributed by atoms with Crippen molar-refractivity contribution in [3.63, 3.8) is 0 Å². The molecule has 1 aromatic carbocycles. The molecule has 0 bridgehead atoms. The van der Waals surface area contributed by atoms with E-state index in [0.717, 1.165) is 24.5 Å². The molecule has 2 amide bonds. The van der Waals surface area contributed by atoms with Gasteiger partial charge < -0.3 is 10.0 Å². The second-order valence-corrected chi connectivity index (χ2v) is 7.51. The molecule has 0 saturated heterocycles. The molecule has 0 unspecified atom stereocenters. The monoisotopic (exact) mass is 426 g/mol. The van der Waals surface area contributed by atoms with Crippen LogP contribution < -0.4 is 5.32 Å². The van der Waals surface area contributed by atoms with Crippen LogP contribution in [0.25, 0.3) is 0 Å². The number of likely N-dealkylation sites (N-methyl/N-ethyl adjacent to an activating group) is 1. The van der Waals surface area contributed by atoms with E-state index in [9.17, 15) is 27.5 Å². The fraction of sp³-hybridized carbons (Fsp3) is 0.400. The predicted octanol–water partition coefficient (Wildman–Crippen LogP) is 3.70. The van der Waals surface area contributed by atoms with Gasteiger partial charge in [0.05, 0.1) is 6.54 Å². The first-order valence-electron chi connectivity index (χ1n) is 7.46. The van der Waals surface area contributed by atoms with Crippen LogP contribution >= 0.6 is 22.9 Å². The average Bonchev–Trinajstić information content (AvgIpc) is 2.91. The normalized spacial score (nSPS) is 13.9. The highest BCUT2D eigenvalue weighted by Gasteiger charge is 2.50. The number of nitrogens with one attached hydrogen (secondary N) is 1. The zero-order chi connectivity index (χ0) is 20.4. The summed E-state index contributed by atoms with van der Waals surface area (Å²) in [4.78, 5) is 12.7. The SMILES string of the molecule is CN(C[C@@](C)(O)C(F)(F)F)C(=O)Nc1nnc(Cc2cc(F)cc(Cl)c2)s1. The van der Waals surface area contributed by atoms with Crippen molar-refractivity contribution in [3.05, 3.63) is 39.6 Å². The van der Waals surface area contributed by atoms with Crippen LogP contribution in [0, 0.1) is 5.82 Å². The Bertz CT molecular complexity index is 808. The van der Waals surface area contributed by atoms with Crippen LogP contribution in [0.3, 0.4) is 0 Å². The number of benzene rings is 1. The maximum atomic E-state index is 13.3. The highest BCUT2D eigenvalue weighted by atomic mass is 35.5. The molecule has 2 rings (SSSR count). The Morgan fingerprint density at radius 1 is 1.33 bits per heavy atom. The van der Waals surface area contributed by atoms with Gasteiger partial charge in [-0.25, -0.2) is 9.18 Å². The summed E-state index contributed by atoms with van der Waals surface area (Å²) in [6.45, 7) is -0.389. The van der Waals surface area contributed by atoms with Gasteiger partial charge in [-0.3, -0.25) is 5.32 Å². The number of nitrogens with zero attached hydrogens (tertiary/aromatic N) is 3. The van der Waals surface area contributed by atoms with E-state index in [1.54, 1.807) is 6.07 Å². The topological polar surface area (TPSA) is 78.4 Å². The first-order valence-corrected chi connectivity index (χ1v) is 8.65. The van der Waals surface area contributed by atoms with E-state index in [0.29, 0.717) is 22.4 Å². The Morgan fingerprint density at radius 3 is 2.59 bits per heavy atom. The van der Waals surface area contributed by atoms with Crippen molar-refractivity contribution in [2.45, 2.75) is 25.1 Å². The molecule has 1 heterocycles. The third-order valence-corrected chi connectivity index (χ3v) is 4.52. The summed E-state index contributed by atoms with van der Waals surface area (Å²) in [6.07, 6.45) is -4.67. The summed E-state index contributed by atoms with van der Waals surface area (Å²) < 4.78 is 51.4. The van der Waals surface area contributed by atoms with Crippen molar-refractivity contribution in [3.8, 4) is 0 Å². The van der Waals surface area contributed by atoms with Gasteiger partial charge in [0.25, 0.3) is 0 Å². The maximum Gasteiger partial charge on any atom is 0.418 e. The van der Waals surface area contributed by atoms with Crippen LogP contribution in [-0.4, -0.2) is 51.6 Å². The largest absolute Gasteiger partial charge is 0.418 e. The third-order valence-electron chi connectivity index (χ3n) is 3.46. The number of rotatable bonds is 5. The lowest BCUT2D eigenvalue weighted by atomic mass is 10.1. The number of anilines is 1. The minimum atomic E-state index is -4.89. The van der Waals surface area contributed by atoms with Crippen LogP contribution in [0.15, 0.2) is 18.2 Å². The number of urea groups is 1. The predicted molar refractivity (Wildman–Crippen MR) is 92.5 cm³/mol. The van der Waals surface area contributed by atoms with E-state index in [-0.39, 0.29) is 16.6 Å². The Morgan fingerprint density at radius 2 is 2.00 bits per heavy atom. The molecular weight excluding hydrogens is 412 g/mol. The van der Waals surface area contributed by atoms with E-state index in [1.165, 1.54) is 6.07 Å². The number of hydrogen-bond acceptors (Lipinski definition) is 5. The van der Waals surface area contributed by atoms with E-state index >= 15 is 0 Å². The molecule has 1 atom stereocenters. The van der Waals surface area contributed by atoms with Crippen molar-refractivity contribution < 1.29 is 27.5 Å². The minimum Gasteiger partial charge on any atom is -0.379 e. The van der Waals surface area contributed by atoms with Gasteiger partial charge in [0.2, 0.25) is 5.13 Å². The summed E-state index contributed by atoms with van der Waals surface area (Å²) in [7, 11) is 1.10. The minimum absolute atomic E-state index is 0.0519. The van der Waals surface area contributed by atoms with E-state index < -0.39 is 30.2 Å². The second kappa shape index (κ2) is 7.95. The molecule has 0 aliphatic carbocycles. The number of alkyl halides is 3. The van der Waals surface area contributed by atoms with Crippen molar-refractivity contribution in [1.29, 1.82) is 0 Å². The molecule has 27 heavy (non-hydrogen) atoms. The molecule has 2 aromatic rings. The van der Waals surface area contributed by atoms with Crippen LogP contribution in [0.2, 0.25) is 5.02 Å². The van der Waals surface area contributed by atoms with Gasteiger partial charge in [0.1, 0.15) is 10.8 Å². The molecule has 0 spiro atoms. The van der Waals surface area contributed by atoms with E-state index in [4.69, 9.17) is 11.6 Å². The molecule has 12 heteroatoms. The zero-order valence-electron chi connectivity index (χ0n) is 14.1. The van der Waals surface area contributed by atoms with E-state index in [1.807, 2.05) is 0 Å². The Balaban J connectivity index is 1.99. The average molecular weight is 427 g/mol. The van der Waals surface area contributed by atoms with Gasteiger partial charge in [0.15, 0.2) is 5.60 Å². The van der Waals surface area contributed by atoms with Gasteiger partial charge in [-0.15, -0.1) is 10.2 Å². The summed E-state index contributed by atoms with van der Waals surface area (Å²) in [5.41, 5.74) is -2.51. The first-order chi connectivity index (χ1) is 12.4. The highest BCUT2D eigenvalue weighted by molar-refractivity contribution is 7.15. The quantitative estimate of drug-likeness (QED) is 0.715. The first kappa shape index (κ1) is 21.3. The fourth-order valence-corrected chi connectivity index (χ4v) is 3.08. The summed E-state index contributed by atoms with van der Waals surface area (Å²) in [6, 6.07) is 3.09. The summed E-state index contributed by atoms with van der Waals surface area (Å²) >= 11 is 6.75. The fourth-order valence-electron chi connectivity index (χ4n) is 2.07. The van der Waals surface area contributed by atoms with E-state index in [2.05, 4.69) is 15.5 Å². The van der Waals surface area contributed by atoms with Crippen LogP contribution in [-0.2, 0) is 6.42 Å². The van der Waals surface area contributed by atoms with Crippen molar-refractivity contribution in [2.24, 2.45) is 0 Å². The van der Waals surface area contributed by atoms with Gasteiger partial charge in [0, 0.05) is 18.5 Å². The van der Waals surface area contributed by atoms with Crippen LogP contribution in [0.5, 0.6) is 0 Å². The molecule has 0 aliphatic heterocycles. The second-order valence-electron chi connectivity index (χ2n) is 6.01. The molecule has 2 N–H and O–H groups in total. The van der Waals surface area contributed by atoms with Crippen LogP contribution in [0.1, 0.15) is 17.5 Å². The molecule has 0 radical (unpaired) electrons. The molecule has 148 valence electrons. The molecule has 0 saturated carbocycles. The standard InChI is InChI=1S/C15H15ClF4N4O2S/c1-14(26,15(18,19)20)7-24(2)13(25)21-12-23-22-11(27-12)5-8-3-9(16)6-10(17)4-8/h3-4,6,26H,5,7H2,1-2H3,(H,21,23,25)/t14-/m1/s1. The number of aliphatic hydroxyl groups is 1. The number of halogens is 5. The molecular formula is C15H15ClF4N4O2S. The lowest BCUT2D eigenvalue weighted by Gasteiger charge is -2.30. The maximum absolute atomic E-state index is 13.3. The summed E-state index contributed by atoms with van der Waals surface area (Å²) in [5, 5.41) is 20.0. The van der Waals surface area contributed by atoms with Crippen LogP contribution in [0.4, 0.5) is 27.5 Å². The lowest BCUT2D eigenvalue weighted by Crippen LogP contribution is -2.52. The number of carbonyl (C=O) groups is 1. The Labute approximate surface area is 160 Å². The third kappa shape index (κ3) is 5.75. The molecule has 0 aliphatic rings. The van der Waals surface area contributed by atoms with Crippen molar-refractivity contribution in [1.82, 2.24) is 15.1 Å². The Kier molecular flexibility index (Phi) is 6.28. The number of carbonyl (C=O) groups excluding carboxylic acids is 1. The van der Waals surface area contributed by atoms with Gasteiger partial charge in [-0.2, -0.15) is 13.2 Å². The number of amides is 2. The molecule has 1 aromatic heterocycles. The smallest absolute Gasteiger partial charge is 0.379 e.